The number of hydrogen-bond acceptors (Lipinski definition) is 2. The minimum Gasteiger partial charge on any atom is -0.397 e. The van der Waals surface area contributed by atoms with Crippen LogP contribution in [0.4, 0.5) is 0 Å². The highest BCUT2D eigenvalue weighted by Gasteiger charge is 1.71. The number of allylic oxidation sites excluding steroid dienone is 2. The molecular formula is C7H10N2. The Hall–Kier alpha value is -1.31. The molecule has 2 N–H and O–H groups in total. The van der Waals surface area contributed by atoms with Crippen LogP contribution in [-0.4, -0.2) is 6.21 Å². The maximum Gasteiger partial charge on any atom is 0.0497 e. The van der Waals surface area contributed by atoms with Gasteiger partial charge in [0.15, 0.2) is 0 Å². The first-order valence-electron chi connectivity index (χ1n) is 2.53. The standard InChI is InChI=1S/C7H10N2/c1-3-5-9-6-7(8)4-2/h3-6H,1-2,8H2/b7-6+,9-5?. The van der Waals surface area contributed by atoms with Gasteiger partial charge in [-0.25, -0.2) is 0 Å². The zero-order chi connectivity index (χ0) is 7.11. The molecule has 0 unspecified atom stereocenters. The van der Waals surface area contributed by atoms with Gasteiger partial charge in [-0.05, 0) is 6.08 Å². The molecule has 0 aliphatic heterocycles. The molecule has 0 atom stereocenters. The predicted octanol–water partition coefficient (Wildman–Crippen LogP) is 1.23. The Morgan fingerprint density at radius 1 is 1.44 bits per heavy atom. The fraction of sp³-hybridized carbons (Fsp3) is 0. The summed E-state index contributed by atoms with van der Waals surface area (Å²) in [5.74, 6) is 0. The molecule has 0 rings (SSSR count). The van der Waals surface area contributed by atoms with E-state index in [9.17, 15) is 0 Å². The first-order chi connectivity index (χ1) is 4.31. The van der Waals surface area contributed by atoms with Crippen LogP contribution in [0.3, 0.4) is 0 Å². The van der Waals surface area contributed by atoms with Crippen LogP contribution < -0.4 is 5.73 Å². The summed E-state index contributed by atoms with van der Waals surface area (Å²) in [6.45, 7) is 6.88. The van der Waals surface area contributed by atoms with E-state index >= 15 is 0 Å². The minimum atomic E-state index is 0.549. The van der Waals surface area contributed by atoms with E-state index in [0.717, 1.165) is 0 Å². The lowest BCUT2D eigenvalue weighted by Crippen LogP contribution is -1.89. The Kier molecular flexibility index (Phi) is 4.14. The van der Waals surface area contributed by atoms with E-state index in [4.69, 9.17) is 5.73 Å². The van der Waals surface area contributed by atoms with Crippen LogP contribution >= 0.6 is 0 Å². The van der Waals surface area contributed by atoms with Crippen molar-refractivity contribution in [2.45, 2.75) is 0 Å². The summed E-state index contributed by atoms with van der Waals surface area (Å²) in [7, 11) is 0. The Balaban J connectivity index is 3.81. The van der Waals surface area contributed by atoms with Crippen molar-refractivity contribution in [2.24, 2.45) is 10.7 Å². The van der Waals surface area contributed by atoms with Crippen LogP contribution in [0.15, 0.2) is 42.2 Å². The smallest absolute Gasteiger partial charge is 0.0497 e. The molecule has 0 heterocycles. The lowest BCUT2D eigenvalue weighted by molar-refractivity contribution is 1.37. The molecule has 0 radical (unpaired) electrons. The summed E-state index contributed by atoms with van der Waals surface area (Å²) in [4.78, 5) is 3.76. The second-order valence-corrected chi connectivity index (χ2v) is 1.37. The topological polar surface area (TPSA) is 38.4 Å². The summed E-state index contributed by atoms with van der Waals surface area (Å²) in [6.07, 6.45) is 6.17. The van der Waals surface area contributed by atoms with Crippen LogP contribution in [0.25, 0.3) is 0 Å². The van der Waals surface area contributed by atoms with Crippen LogP contribution in [-0.2, 0) is 0 Å². The Morgan fingerprint density at radius 3 is 2.56 bits per heavy atom. The van der Waals surface area contributed by atoms with Crippen molar-refractivity contribution in [3.05, 3.63) is 37.2 Å². The first-order valence-corrected chi connectivity index (χ1v) is 2.53. The van der Waals surface area contributed by atoms with Gasteiger partial charge in [-0.2, -0.15) is 0 Å². The summed E-state index contributed by atoms with van der Waals surface area (Å²) in [5.41, 5.74) is 5.86. The van der Waals surface area contributed by atoms with E-state index < -0.39 is 0 Å². The second kappa shape index (κ2) is 4.84. The van der Waals surface area contributed by atoms with Crippen molar-refractivity contribution in [3.63, 3.8) is 0 Å². The summed E-state index contributed by atoms with van der Waals surface area (Å²) in [5, 5.41) is 0. The third-order valence-corrected chi connectivity index (χ3v) is 0.651. The van der Waals surface area contributed by atoms with Gasteiger partial charge in [-0.1, -0.05) is 19.2 Å². The highest BCUT2D eigenvalue weighted by atomic mass is 14.7. The van der Waals surface area contributed by atoms with E-state index in [0.29, 0.717) is 5.70 Å². The Bertz CT molecular complexity index is 154. The molecule has 0 aliphatic rings. The van der Waals surface area contributed by atoms with E-state index in [1.165, 1.54) is 12.3 Å². The van der Waals surface area contributed by atoms with Gasteiger partial charge in [-0.3, -0.25) is 4.99 Å². The number of aliphatic imine (C=N–C) groups is 1. The van der Waals surface area contributed by atoms with E-state index in [-0.39, 0.29) is 0 Å². The highest BCUT2D eigenvalue weighted by molar-refractivity contribution is 5.70. The van der Waals surface area contributed by atoms with Gasteiger partial charge >= 0.3 is 0 Å². The monoisotopic (exact) mass is 122 g/mol. The first kappa shape index (κ1) is 7.69. The number of hydrogen-bond donors (Lipinski definition) is 1. The quantitative estimate of drug-likeness (QED) is 0.443. The maximum atomic E-state index is 5.31. The third kappa shape index (κ3) is 4.55. The minimum absolute atomic E-state index is 0.549. The van der Waals surface area contributed by atoms with Crippen molar-refractivity contribution < 1.29 is 0 Å². The van der Waals surface area contributed by atoms with Gasteiger partial charge in [0, 0.05) is 18.1 Å². The Morgan fingerprint density at radius 2 is 2.11 bits per heavy atom. The lowest BCUT2D eigenvalue weighted by atomic mass is 10.5. The normalized spacial score (nSPS) is 11.8. The molecule has 48 valence electrons. The van der Waals surface area contributed by atoms with Crippen LogP contribution in [0.1, 0.15) is 0 Å². The predicted molar refractivity (Wildman–Crippen MR) is 41.2 cm³/mol. The van der Waals surface area contributed by atoms with E-state index in [1.54, 1.807) is 12.3 Å². The third-order valence-electron chi connectivity index (χ3n) is 0.651. The average molecular weight is 122 g/mol. The molecule has 0 saturated carbocycles. The Labute approximate surface area is 55.1 Å². The van der Waals surface area contributed by atoms with Crippen molar-refractivity contribution in [2.75, 3.05) is 0 Å². The van der Waals surface area contributed by atoms with Crippen molar-refractivity contribution >= 4 is 6.21 Å². The number of nitrogens with zero attached hydrogens (tertiary/aromatic N) is 1. The molecular weight excluding hydrogens is 112 g/mol. The van der Waals surface area contributed by atoms with Gasteiger partial charge < -0.3 is 5.73 Å². The average Bonchev–Trinajstić information content (AvgIpc) is 1.89. The number of nitrogens with two attached hydrogens (primary N) is 1. The second-order valence-electron chi connectivity index (χ2n) is 1.37. The van der Waals surface area contributed by atoms with E-state index in [2.05, 4.69) is 18.2 Å². The van der Waals surface area contributed by atoms with Crippen molar-refractivity contribution in [1.82, 2.24) is 0 Å². The lowest BCUT2D eigenvalue weighted by Gasteiger charge is -1.82. The summed E-state index contributed by atoms with van der Waals surface area (Å²) in [6, 6.07) is 0. The van der Waals surface area contributed by atoms with Crippen LogP contribution in [0.5, 0.6) is 0 Å². The van der Waals surface area contributed by atoms with Gasteiger partial charge in [0.05, 0.1) is 0 Å². The largest absolute Gasteiger partial charge is 0.397 e. The van der Waals surface area contributed by atoms with Crippen LogP contribution in [0.2, 0.25) is 0 Å². The molecule has 0 aromatic heterocycles. The zero-order valence-electron chi connectivity index (χ0n) is 5.25. The molecule has 0 saturated heterocycles. The molecule has 9 heavy (non-hydrogen) atoms. The van der Waals surface area contributed by atoms with Gasteiger partial charge in [0.2, 0.25) is 0 Å². The molecule has 0 bridgehead atoms. The molecule has 2 nitrogen and oxygen atoms in total. The molecule has 0 spiro atoms. The molecule has 0 aromatic rings. The summed E-state index contributed by atoms with van der Waals surface area (Å²) < 4.78 is 0. The van der Waals surface area contributed by atoms with Crippen molar-refractivity contribution in [3.8, 4) is 0 Å². The van der Waals surface area contributed by atoms with E-state index in [1.807, 2.05) is 0 Å². The van der Waals surface area contributed by atoms with Gasteiger partial charge in [0.1, 0.15) is 0 Å². The SMILES string of the molecule is C=CC=N/C=C(/N)C=C. The van der Waals surface area contributed by atoms with Gasteiger partial charge in [-0.15, -0.1) is 0 Å². The molecule has 0 fully saturated rings. The zero-order valence-corrected chi connectivity index (χ0v) is 5.25. The number of rotatable bonds is 3. The maximum absolute atomic E-state index is 5.31. The summed E-state index contributed by atoms with van der Waals surface area (Å²) >= 11 is 0. The van der Waals surface area contributed by atoms with Crippen molar-refractivity contribution in [1.29, 1.82) is 0 Å². The molecule has 0 amide bonds. The fourth-order valence-corrected chi connectivity index (χ4v) is 0.243. The fourth-order valence-electron chi connectivity index (χ4n) is 0.243. The molecule has 0 aromatic carbocycles. The highest BCUT2D eigenvalue weighted by Crippen LogP contribution is 1.82. The van der Waals surface area contributed by atoms with Crippen LogP contribution in [0, 0.1) is 0 Å². The molecule has 2 heteroatoms. The molecule has 0 aliphatic carbocycles. The van der Waals surface area contributed by atoms with Gasteiger partial charge in [0.25, 0.3) is 0 Å².